The van der Waals surface area contributed by atoms with E-state index in [-0.39, 0.29) is 28.1 Å². The normalized spacial score (nSPS) is 13.9. The summed E-state index contributed by atoms with van der Waals surface area (Å²) < 4.78 is 52.5. The molecule has 0 unspecified atom stereocenters. The molecule has 1 aliphatic heterocycles. The highest BCUT2D eigenvalue weighted by atomic mass is 32.2. The van der Waals surface area contributed by atoms with Crippen LogP contribution in [-0.2, 0) is 20.6 Å². The summed E-state index contributed by atoms with van der Waals surface area (Å²) in [6, 6.07) is 15.5. The Kier molecular flexibility index (Phi) is 8.10. The number of thioether (sulfide) groups is 1. The lowest BCUT2D eigenvalue weighted by molar-refractivity contribution is -0.137. The molecule has 11 heteroatoms. The fraction of sp³-hybridized carbons (Fsp3) is 0.179. The molecular formula is C28H23F4N3O3S. The maximum absolute atomic E-state index is 13.4. The second kappa shape index (κ2) is 11.3. The Morgan fingerprint density at radius 2 is 1.46 bits per heavy atom. The number of hydrogen-bond donors (Lipinski definition) is 2. The fourth-order valence-electron chi connectivity index (χ4n) is 3.73. The van der Waals surface area contributed by atoms with Gasteiger partial charge in [0.05, 0.1) is 11.3 Å². The van der Waals surface area contributed by atoms with E-state index in [1.807, 2.05) is 13.8 Å². The largest absolute Gasteiger partial charge is 0.416 e. The average molecular weight is 558 g/mol. The molecule has 3 aromatic rings. The lowest BCUT2D eigenvalue weighted by Crippen LogP contribution is -2.32. The van der Waals surface area contributed by atoms with E-state index < -0.39 is 29.4 Å². The summed E-state index contributed by atoms with van der Waals surface area (Å²) >= 11 is 0.976. The highest BCUT2D eigenvalue weighted by molar-refractivity contribution is 8.04. The van der Waals surface area contributed by atoms with E-state index in [0.717, 1.165) is 40.9 Å². The van der Waals surface area contributed by atoms with Gasteiger partial charge in [0, 0.05) is 22.7 Å². The molecule has 4 rings (SSSR count). The number of halogens is 4. The Balaban J connectivity index is 1.62. The molecule has 0 bridgehead atoms. The van der Waals surface area contributed by atoms with Crippen LogP contribution >= 0.6 is 11.8 Å². The summed E-state index contributed by atoms with van der Waals surface area (Å²) in [6.07, 6.45) is -4.22. The SMILES string of the molecule is CC(C)CC(=O)Nc1ccc(SC2=C(Nc3ccc(F)cc3)C(=O)N(c3ccc(C(F)(F)F)cc3)C2=O)cc1. The standard InChI is InChI=1S/C28H23F4N3O3S/c1-16(2)15-23(36)33-19-9-13-22(14-10-19)39-25-24(34-20-7-5-18(29)6-8-20)26(37)35(27(25)38)21-11-3-17(4-12-21)28(30,31)32/h3-14,16,34H,15H2,1-2H3,(H,33,36). The topological polar surface area (TPSA) is 78.5 Å². The number of nitrogens with one attached hydrogen (secondary N) is 2. The first kappa shape index (κ1) is 27.9. The van der Waals surface area contributed by atoms with Gasteiger partial charge in [0.25, 0.3) is 11.8 Å². The molecule has 0 aromatic heterocycles. The van der Waals surface area contributed by atoms with Gasteiger partial charge in [-0.05, 0) is 78.7 Å². The molecule has 6 nitrogen and oxygen atoms in total. The molecule has 202 valence electrons. The minimum absolute atomic E-state index is 0.000756. The molecule has 0 atom stereocenters. The van der Waals surface area contributed by atoms with Crippen molar-refractivity contribution in [1.29, 1.82) is 0 Å². The van der Waals surface area contributed by atoms with Gasteiger partial charge in [-0.15, -0.1) is 0 Å². The molecule has 0 aliphatic carbocycles. The molecule has 39 heavy (non-hydrogen) atoms. The maximum Gasteiger partial charge on any atom is 0.416 e. The molecule has 1 aliphatic rings. The Morgan fingerprint density at radius 1 is 0.872 bits per heavy atom. The number of nitrogens with zero attached hydrogens (tertiary/aromatic N) is 1. The zero-order valence-electron chi connectivity index (χ0n) is 20.8. The Morgan fingerprint density at radius 3 is 2.03 bits per heavy atom. The van der Waals surface area contributed by atoms with Crippen molar-refractivity contribution < 1.29 is 31.9 Å². The van der Waals surface area contributed by atoms with E-state index in [1.165, 1.54) is 24.3 Å². The molecule has 0 saturated carbocycles. The summed E-state index contributed by atoms with van der Waals surface area (Å²) in [5.41, 5.74) is -0.161. The van der Waals surface area contributed by atoms with Crippen molar-refractivity contribution in [1.82, 2.24) is 0 Å². The van der Waals surface area contributed by atoms with Crippen molar-refractivity contribution in [3.05, 3.63) is 94.8 Å². The number of anilines is 3. The van der Waals surface area contributed by atoms with Gasteiger partial charge in [-0.25, -0.2) is 9.29 Å². The lowest BCUT2D eigenvalue weighted by Gasteiger charge is -2.16. The Labute approximate surface area is 226 Å². The van der Waals surface area contributed by atoms with Gasteiger partial charge in [0.2, 0.25) is 5.91 Å². The van der Waals surface area contributed by atoms with Crippen LogP contribution < -0.4 is 15.5 Å². The highest BCUT2D eigenvalue weighted by Crippen LogP contribution is 2.39. The van der Waals surface area contributed by atoms with Crippen LogP contribution in [0.4, 0.5) is 34.6 Å². The van der Waals surface area contributed by atoms with Crippen LogP contribution in [0.3, 0.4) is 0 Å². The minimum Gasteiger partial charge on any atom is -0.350 e. The summed E-state index contributed by atoms with van der Waals surface area (Å²) in [7, 11) is 0. The van der Waals surface area contributed by atoms with Gasteiger partial charge in [-0.2, -0.15) is 13.2 Å². The first-order chi connectivity index (χ1) is 18.4. The number of hydrogen-bond acceptors (Lipinski definition) is 5. The van der Waals surface area contributed by atoms with E-state index in [1.54, 1.807) is 24.3 Å². The van der Waals surface area contributed by atoms with Crippen molar-refractivity contribution in [2.75, 3.05) is 15.5 Å². The monoisotopic (exact) mass is 557 g/mol. The molecular weight excluding hydrogens is 534 g/mol. The minimum atomic E-state index is -4.58. The predicted octanol–water partition coefficient (Wildman–Crippen LogP) is 6.82. The zero-order valence-corrected chi connectivity index (χ0v) is 21.6. The van der Waals surface area contributed by atoms with Gasteiger partial charge in [0.15, 0.2) is 0 Å². The highest BCUT2D eigenvalue weighted by Gasteiger charge is 2.40. The number of carbonyl (C=O) groups excluding carboxylic acids is 3. The number of carbonyl (C=O) groups is 3. The molecule has 1 heterocycles. The Hall–Kier alpha value is -4.12. The van der Waals surface area contributed by atoms with Gasteiger partial charge in [-0.3, -0.25) is 14.4 Å². The van der Waals surface area contributed by atoms with Crippen LogP contribution in [0.2, 0.25) is 0 Å². The molecule has 0 saturated heterocycles. The maximum atomic E-state index is 13.4. The number of benzene rings is 3. The summed E-state index contributed by atoms with van der Waals surface area (Å²) in [5, 5.41) is 5.64. The van der Waals surface area contributed by atoms with Crippen LogP contribution in [0.25, 0.3) is 0 Å². The van der Waals surface area contributed by atoms with Crippen LogP contribution in [0.1, 0.15) is 25.8 Å². The van der Waals surface area contributed by atoms with E-state index in [4.69, 9.17) is 0 Å². The molecule has 3 aromatic carbocycles. The second-order valence-corrected chi connectivity index (χ2v) is 10.2. The lowest BCUT2D eigenvalue weighted by atomic mass is 10.1. The van der Waals surface area contributed by atoms with E-state index >= 15 is 0 Å². The first-order valence-electron chi connectivity index (χ1n) is 11.8. The van der Waals surface area contributed by atoms with Gasteiger partial charge in [0.1, 0.15) is 16.4 Å². The second-order valence-electron chi connectivity index (χ2n) is 9.10. The molecule has 2 N–H and O–H groups in total. The third-order valence-electron chi connectivity index (χ3n) is 5.56. The van der Waals surface area contributed by atoms with Gasteiger partial charge in [-0.1, -0.05) is 25.6 Å². The molecule has 0 fully saturated rings. The van der Waals surface area contributed by atoms with E-state index in [2.05, 4.69) is 10.6 Å². The van der Waals surface area contributed by atoms with Gasteiger partial charge < -0.3 is 10.6 Å². The number of amides is 3. The average Bonchev–Trinajstić information content (AvgIpc) is 3.09. The quantitative estimate of drug-likeness (QED) is 0.235. The van der Waals surface area contributed by atoms with Crippen LogP contribution in [0, 0.1) is 11.7 Å². The van der Waals surface area contributed by atoms with E-state index in [9.17, 15) is 31.9 Å². The van der Waals surface area contributed by atoms with Gasteiger partial charge >= 0.3 is 6.18 Å². The van der Waals surface area contributed by atoms with Crippen LogP contribution in [-0.4, -0.2) is 17.7 Å². The molecule has 0 spiro atoms. The number of alkyl halides is 3. The zero-order chi connectivity index (χ0) is 28.3. The molecule has 0 radical (unpaired) electrons. The molecule has 3 amide bonds. The van der Waals surface area contributed by atoms with Crippen molar-refractivity contribution >= 4 is 46.5 Å². The summed E-state index contributed by atoms with van der Waals surface area (Å²) in [6.45, 7) is 3.86. The predicted molar refractivity (Wildman–Crippen MR) is 141 cm³/mol. The first-order valence-corrected chi connectivity index (χ1v) is 12.6. The van der Waals surface area contributed by atoms with Crippen LogP contribution in [0.15, 0.2) is 88.3 Å². The third kappa shape index (κ3) is 6.66. The smallest absolute Gasteiger partial charge is 0.350 e. The number of imide groups is 1. The fourth-order valence-corrected chi connectivity index (χ4v) is 4.66. The Bertz CT molecular complexity index is 1420. The van der Waals surface area contributed by atoms with Crippen molar-refractivity contribution in [2.45, 2.75) is 31.3 Å². The van der Waals surface area contributed by atoms with Crippen LogP contribution in [0.5, 0.6) is 0 Å². The number of rotatable bonds is 8. The van der Waals surface area contributed by atoms with Crippen molar-refractivity contribution in [2.24, 2.45) is 5.92 Å². The van der Waals surface area contributed by atoms with Crippen molar-refractivity contribution in [3.63, 3.8) is 0 Å². The van der Waals surface area contributed by atoms with Crippen molar-refractivity contribution in [3.8, 4) is 0 Å². The third-order valence-corrected chi connectivity index (χ3v) is 6.65. The summed E-state index contributed by atoms with van der Waals surface area (Å²) in [4.78, 5) is 40.2. The van der Waals surface area contributed by atoms with E-state index in [0.29, 0.717) is 22.7 Å². The summed E-state index contributed by atoms with van der Waals surface area (Å²) in [5.74, 6) is -1.95.